The minimum Gasteiger partial charge on any atom is -0.450 e. The van der Waals surface area contributed by atoms with E-state index in [1.807, 2.05) is 0 Å². The zero-order chi connectivity index (χ0) is 7.56. The molecule has 1 rings (SSSR count). The van der Waals surface area contributed by atoms with Gasteiger partial charge in [-0.2, -0.15) is 0 Å². The molecular weight excluding hydrogens is 136 g/mol. The summed E-state index contributed by atoms with van der Waals surface area (Å²) >= 11 is 0. The van der Waals surface area contributed by atoms with Crippen LogP contribution >= 0.6 is 0 Å². The summed E-state index contributed by atoms with van der Waals surface area (Å²) in [6, 6.07) is 0. The first kappa shape index (κ1) is 6.80. The van der Waals surface area contributed by atoms with Gasteiger partial charge in [-0.1, -0.05) is 0 Å². The summed E-state index contributed by atoms with van der Waals surface area (Å²) in [6.45, 7) is 3.29. The molecule has 1 heterocycles. The highest BCUT2D eigenvalue weighted by Crippen LogP contribution is 2.17. The van der Waals surface area contributed by atoms with Gasteiger partial charge in [0.25, 0.3) is 5.95 Å². The summed E-state index contributed by atoms with van der Waals surface area (Å²) in [5.41, 5.74) is 0. The molecule has 4 heteroatoms. The highest BCUT2D eigenvalue weighted by molar-refractivity contribution is 5.69. The Balaban J connectivity index is 2.65. The summed E-state index contributed by atoms with van der Waals surface area (Å²) in [5.74, 6) is 0.0224. The Morgan fingerprint density at radius 2 is 1.60 bits per heavy atom. The molecule has 0 saturated carbocycles. The number of hydrogen-bond donors (Lipinski definition) is 0. The minimum atomic E-state index is -0.815. The van der Waals surface area contributed by atoms with E-state index in [1.54, 1.807) is 0 Å². The molecule has 0 amide bonds. The Bertz CT molecular complexity index is 157. The molecule has 0 radical (unpaired) electrons. The highest BCUT2D eigenvalue weighted by atomic mass is 16.7. The average molecular weight is 142 g/mol. The van der Waals surface area contributed by atoms with Gasteiger partial charge in [-0.25, -0.2) is 0 Å². The van der Waals surface area contributed by atoms with Gasteiger partial charge in [-0.3, -0.25) is 9.59 Å². The van der Waals surface area contributed by atoms with Gasteiger partial charge in [0.05, 0.1) is 0 Å². The molecule has 0 unspecified atom stereocenters. The second-order valence-corrected chi connectivity index (χ2v) is 1.81. The molecule has 0 aromatic carbocycles. The van der Waals surface area contributed by atoms with E-state index in [0.717, 1.165) is 0 Å². The number of hydrogen-bond acceptors (Lipinski definition) is 4. The molecule has 0 N–H and O–H groups in total. The third-order valence-corrected chi connectivity index (χ3v) is 1.13. The lowest BCUT2D eigenvalue weighted by molar-refractivity contribution is -0.121. The van der Waals surface area contributed by atoms with Crippen molar-refractivity contribution < 1.29 is 19.1 Å². The van der Waals surface area contributed by atoms with Crippen LogP contribution in [0.3, 0.4) is 0 Å². The normalized spacial score (nSPS) is 30.6. The van der Waals surface area contributed by atoms with Crippen molar-refractivity contribution in [3.8, 4) is 0 Å². The molecule has 2 atom stereocenters. The molecule has 4 nitrogen and oxygen atoms in total. The van der Waals surface area contributed by atoms with Crippen LogP contribution in [-0.4, -0.2) is 24.8 Å². The number of carbonyl (C=O) groups is 2. The lowest BCUT2D eigenvalue weighted by Crippen LogP contribution is -2.24. The Morgan fingerprint density at radius 3 is 1.90 bits per heavy atom. The van der Waals surface area contributed by atoms with Crippen molar-refractivity contribution in [1.29, 1.82) is 0 Å². The van der Waals surface area contributed by atoms with Crippen molar-refractivity contribution in [1.82, 2.24) is 0 Å². The molecule has 1 aliphatic rings. The number of aldehydes is 2. The van der Waals surface area contributed by atoms with Gasteiger partial charge in [-0.05, 0) is 6.58 Å². The van der Waals surface area contributed by atoms with E-state index in [-0.39, 0.29) is 5.95 Å². The molecular formula is C6H6O4. The van der Waals surface area contributed by atoms with E-state index in [1.165, 1.54) is 0 Å². The topological polar surface area (TPSA) is 52.6 Å². The molecule has 0 bridgehead atoms. The Kier molecular flexibility index (Phi) is 1.71. The summed E-state index contributed by atoms with van der Waals surface area (Å²) in [4.78, 5) is 20.2. The second-order valence-electron chi connectivity index (χ2n) is 1.81. The second kappa shape index (κ2) is 2.51. The predicted molar refractivity (Wildman–Crippen MR) is 31.0 cm³/mol. The summed E-state index contributed by atoms with van der Waals surface area (Å²) in [5, 5.41) is 0. The molecule has 10 heavy (non-hydrogen) atoms. The van der Waals surface area contributed by atoms with Crippen molar-refractivity contribution in [3.63, 3.8) is 0 Å². The van der Waals surface area contributed by atoms with Crippen molar-refractivity contribution in [2.75, 3.05) is 0 Å². The molecule has 1 aliphatic heterocycles. The van der Waals surface area contributed by atoms with Crippen LogP contribution < -0.4 is 0 Å². The molecule has 0 aromatic heterocycles. The average Bonchev–Trinajstić information content (AvgIpc) is 2.30. The molecule has 0 aliphatic carbocycles. The summed E-state index contributed by atoms with van der Waals surface area (Å²) in [7, 11) is 0. The largest absolute Gasteiger partial charge is 0.450 e. The van der Waals surface area contributed by atoms with E-state index in [9.17, 15) is 9.59 Å². The van der Waals surface area contributed by atoms with Gasteiger partial charge in [0, 0.05) is 0 Å². The van der Waals surface area contributed by atoms with Crippen LogP contribution in [0.1, 0.15) is 0 Å². The lowest BCUT2D eigenvalue weighted by Gasteiger charge is -1.99. The summed E-state index contributed by atoms with van der Waals surface area (Å²) < 4.78 is 9.40. The van der Waals surface area contributed by atoms with Crippen molar-refractivity contribution in [2.45, 2.75) is 12.2 Å². The smallest absolute Gasteiger partial charge is 0.273 e. The zero-order valence-corrected chi connectivity index (χ0v) is 5.15. The third-order valence-electron chi connectivity index (χ3n) is 1.13. The first-order valence-electron chi connectivity index (χ1n) is 2.70. The zero-order valence-electron chi connectivity index (χ0n) is 5.15. The maximum Gasteiger partial charge on any atom is 0.273 e. The van der Waals surface area contributed by atoms with Gasteiger partial charge >= 0.3 is 0 Å². The number of rotatable bonds is 2. The number of ether oxygens (including phenoxy) is 2. The van der Waals surface area contributed by atoms with Crippen molar-refractivity contribution in [2.24, 2.45) is 0 Å². The Labute approximate surface area is 57.4 Å². The quantitative estimate of drug-likeness (QED) is 0.494. The van der Waals surface area contributed by atoms with Crippen LogP contribution in [0.15, 0.2) is 12.5 Å². The molecule has 54 valence electrons. The first-order chi connectivity index (χ1) is 4.77. The van der Waals surface area contributed by atoms with Crippen LogP contribution in [0, 0.1) is 0 Å². The predicted octanol–water partition coefficient (Wildman–Crippen LogP) is -0.361. The third kappa shape index (κ3) is 1.00. The minimum absolute atomic E-state index is 0.0224. The maximum absolute atomic E-state index is 10.1. The molecule has 0 spiro atoms. The molecule has 0 aromatic rings. The SMILES string of the molecule is C=C1O[C@H](C=O)[C@@H](C=O)O1. The van der Waals surface area contributed by atoms with E-state index in [4.69, 9.17) is 9.47 Å². The van der Waals surface area contributed by atoms with E-state index >= 15 is 0 Å². The van der Waals surface area contributed by atoms with Crippen LogP contribution in [0.4, 0.5) is 0 Å². The fourth-order valence-corrected chi connectivity index (χ4v) is 0.676. The fourth-order valence-electron chi connectivity index (χ4n) is 0.676. The Morgan fingerprint density at radius 1 is 1.20 bits per heavy atom. The van der Waals surface area contributed by atoms with Crippen LogP contribution in [0.5, 0.6) is 0 Å². The van der Waals surface area contributed by atoms with E-state index < -0.39 is 12.2 Å². The van der Waals surface area contributed by atoms with Gasteiger partial charge in [0.1, 0.15) is 0 Å². The van der Waals surface area contributed by atoms with Gasteiger partial charge in [0.15, 0.2) is 12.6 Å². The van der Waals surface area contributed by atoms with Gasteiger partial charge in [-0.15, -0.1) is 0 Å². The number of carbonyl (C=O) groups excluding carboxylic acids is 2. The van der Waals surface area contributed by atoms with Crippen molar-refractivity contribution >= 4 is 12.6 Å². The maximum atomic E-state index is 10.1. The Hall–Kier alpha value is -1.32. The van der Waals surface area contributed by atoms with Gasteiger partial charge in [0.2, 0.25) is 12.2 Å². The monoisotopic (exact) mass is 142 g/mol. The fraction of sp³-hybridized carbons (Fsp3) is 0.333. The van der Waals surface area contributed by atoms with E-state index in [2.05, 4.69) is 6.58 Å². The van der Waals surface area contributed by atoms with Crippen LogP contribution in [0.2, 0.25) is 0 Å². The highest BCUT2D eigenvalue weighted by Gasteiger charge is 2.32. The van der Waals surface area contributed by atoms with Crippen LogP contribution in [0.25, 0.3) is 0 Å². The van der Waals surface area contributed by atoms with E-state index in [0.29, 0.717) is 12.6 Å². The molecule has 1 saturated heterocycles. The lowest BCUT2D eigenvalue weighted by atomic mass is 10.2. The summed E-state index contributed by atoms with van der Waals surface area (Å²) in [6.07, 6.45) is -0.607. The van der Waals surface area contributed by atoms with Gasteiger partial charge < -0.3 is 9.47 Å². The first-order valence-corrected chi connectivity index (χ1v) is 2.70. The molecule has 1 fully saturated rings. The van der Waals surface area contributed by atoms with Crippen LogP contribution in [-0.2, 0) is 19.1 Å². The van der Waals surface area contributed by atoms with Crippen molar-refractivity contribution in [3.05, 3.63) is 12.5 Å². The standard InChI is InChI=1S/C6H6O4/c1-4-9-5(2-7)6(3-8)10-4/h2-3,5-6H,1H2/t5-,6-/m1/s1.